The van der Waals surface area contributed by atoms with Crippen LogP contribution in [0.3, 0.4) is 0 Å². The van der Waals surface area contributed by atoms with E-state index in [2.05, 4.69) is 32.9 Å². The Morgan fingerprint density at radius 2 is 2.04 bits per heavy atom. The number of alkyl halides is 3. The number of anilines is 1. The molecule has 148 valence electrons. The zero-order chi connectivity index (χ0) is 19.2. The summed E-state index contributed by atoms with van der Waals surface area (Å²) in [4.78, 5) is 3.99. The second kappa shape index (κ2) is 7.13. The van der Waals surface area contributed by atoms with Gasteiger partial charge in [0.2, 0.25) is 0 Å². The van der Waals surface area contributed by atoms with E-state index in [-0.39, 0.29) is 6.04 Å². The molecule has 0 bridgehead atoms. The maximum absolute atomic E-state index is 12.7. The zero-order valence-corrected chi connectivity index (χ0v) is 16.4. The van der Waals surface area contributed by atoms with Crippen LogP contribution in [0.25, 0.3) is 0 Å². The van der Waals surface area contributed by atoms with Gasteiger partial charge in [-0.15, -0.1) is 0 Å². The summed E-state index contributed by atoms with van der Waals surface area (Å²) in [6.07, 6.45) is -1.50. The third-order valence-electron chi connectivity index (χ3n) is 5.68. The van der Waals surface area contributed by atoms with Gasteiger partial charge in [-0.05, 0) is 48.6 Å². The van der Waals surface area contributed by atoms with E-state index in [4.69, 9.17) is 0 Å². The lowest BCUT2D eigenvalue weighted by Gasteiger charge is -2.40. The van der Waals surface area contributed by atoms with E-state index in [9.17, 15) is 13.2 Å². The summed E-state index contributed by atoms with van der Waals surface area (Å²) >= 11 is 1.72. The third-order valence-corrected chi connectivity index (χ3v) is 6.38. The fourth-order valence-electron chi connectivity index (χ4n) is 4.41. The second-order valence-corrected chi connectivity index (χ2v) is 8.54. The molecule has 27 heavy (non-hydrogen) atoms. The molecule has 0 spiro atoms. The minimum Gasteiger partial charge on any atom is -0.350 e. The van der Waals surface area contributed by atoms with Gasteiger partial charge in [0, 0.05) is 44.2 Å². The van der Waals surface area contributed by atoms with Crippen LogP contribution in [0.2, 0.25) is 0 Å². The van der Waals surface area contributed by atoms with Gasteiger partial charge in [-0.2, -0.15) is 29.6 Å². The standard InChI is InChI=1S/C19H25F3N4S/c1-13-9-18(24(2)23-13)26(17-10-16(17)14-5-8-27-11-14)15-3-6-25(7-4-15)12-19(20,21)22/h5,8-9,11,15-17H,3-4,6-7,10,12H2,1-2H3. The SMILES string of the molecule is Cc1cc(N(C2CCN(CC(F)(F)F)CC2)C2CC2c2ccsc2)n(C)n1. The number of aryl methyl sites for hydroxylation is 2. The van der Waals surface area contributed by atoms with Crippen molar-refractivity contribution in [3.63, 3.8) is 0 Å². The van der Waals surface area contributed by atoms with Gasteiger partial charge in [0.05, 0.1) is 12.2 Å². The van der Waals surface area contributed by atoms with E-state index in [1.165, 1.54) is 10.5 Å². The molecule has 3 heterocycles. The van der Waals surface area contributed by atoms with E-state index in [1.807, 2.05) is 18.7 Å². The fraction of sp³-hybridized carbons (Fsp3) is 0.632. The molecule has 0 aromatic carbocycles. The molecular formula is C19H25F3N4S. The van der Waals surface area contributed by atoms with Crippen LogP contribution >= 0.6 is 11.3 Å². The Balaban J connectivity index is 1.51. The summed E-state index contributed by atoms with van der Waals surface area (Å²) in [6.45, 7) is 2.17. The van der Waals surface area contributed by atoms with Gasteiger partial charge in [0.1, 0.15) is 5.82 Å². The molecule has 4 rings (SSSR count). The van der Waals surface area contributed by atoms with Crippen LogP contribution in [0, 0.1) is 6.92 Å². The molecule has 2 fully saturated rings. The number of likely N-dealkylation sites (tertiary alicyclic amines) is 1. The van der Waals surface area contributed by atoms with E-state index < -0.39 is 12.7 Å². The topological polar surface area (TPSA) is 24.3 Å². The Morgan fingerprint density at radius 1 is 1.30 bits per heavy atom. The smallest absolute Gasteiger partial charge is 0.350 e. The first-order valence-corrected chi connectivity index (χ1v) is 10.4. The molecule has 2 atom stereocenters. The first kappa shape index (κ1) is 18.8. The summed E-state index contributed by atoms with van der Waals surface area (Å²) in [5.74, 6) is 1.60. The van der Waals surface area contributed by atoms with Crippen molar-refractivity contribution in [3.8, 4) is 0 Å². The molecular weight excluding hydrogens is 373 g/mol. The Labute approximate surface area is 161 Å². The van der Waals surface area contributed by atoms with Gasteiger partial charge >= 0.3 is 6.18 Å². The van der Waals surface area contributed by atoms with E-state index in [0.717, 1.165) is 30.8 Å². The monoisotopic (exact) mass is 398 g/mol. The van der Waals surface area contributed by atoms with E-state index in [1.54, 1.807) is 11.3 Å². The van der Waals surface area contributed by atoms with Gasteiger partial charge in [-0.25, -0.2) is 0 Å². The molecule has 1 saturated carbocycles. The lowest BCUT2D eigenvalue weighted by atomic mass is 10.0. The summed E-state index contributed by atoms with van der Waals surface area (Å²) < 4.78 is 40.0. The van der Waals surface area contributed by atoms with Crippen LogP contribution in [0.5, 0.6) is 0 Å². The number of thiophene rings is 1. The quantitative estimate of drug-likeness (QED) is 0.755. The minimum absolute atomic E-state index is 0.262. The van der Waals surface area contributed by atoms with Gasteiger partial charge in [0.25, 0.3) is 0 Å². The molecule has 1 aliphatic heterocycles. The number of nitrogens with zero attached hydrogens (tertiary/aromatic N) is 4. The van der Waals surface area contributed by atoms with Crippen LogP contribution in [-0.2, 0) is 7.05 Å². The average molecular weight is 398 g/mol. The summed E-state index contributed by atoms with van der Waals surface area (Å²) in [5, 5.41) is 8.83. The summed E-state index contributed by atoms with van der Waals surface area (Å²) in [5.41, 5.74) is 2.35. The molecule has 0 amide bonds. The molecule has 0 radical (unpaired) electrons. The van der Waals surface area contributed by atoms with Gasteiger partial charge in [0.15, 0.2) is 0 Å². The molecule has 0 N–H and O–H groups in total. The van der Waals surface area contributed by atoms with Crippen molar-refractivity contribution in [3.05, 3.63) is 34.2 Å². The van der Waals surface area contributed by atoms with Crippen LogP contribution in [0.4, 0.5) is 19.0 Å². The molecule has 2 aliphatic rings. The first-order chi connectivity index (χ1) is 12.8. The number of rotatable bonds is 5. The van der Waals surface area contributed by atoms with Gasteiger partial charge < -0.3 is 4.90 Å². The third kappa shape index (κ3) is 4.16. The lowest BCUT2D eigenvalue weighted by molar-refractivity contribution is -0.147. The predicted octanol–water partition coefficient (Wildman–Crippen LogP) is 4.18. The van der Waals surface area contributed by atoms with Crippen molar-refractivity contribution in [2.24, 2.45) is 7.05 Å². The van der Waals surface area contributed by atoms with Crippen LogP contribution in [0.1, 0.15) is 36.4 Å². The van der Waals surface area contributed by atoms with Gasteiger partial charge in [-0.1, -0.05) is 0 Å². The van der Waals surface area contributed by atoms with E-state index in [0.29, 0.717) is 25.0 Å². The van der Waals surface area contributed by atoms with Crippen molar-refractivity contribution < 1.29 is 13.2 Å². The Bertz CT molecular complexity index is 763. The maximum Gasteiger partial charge on any atom is 0.401 e. The normalized spacial score (nSPS) is 24.3. The van der Waals surface area contributed by atoms with Crippen LogP contribution in [0.15, 0.2) is 22.9 Å². The maximum atomic E-state index is 12.7. The molecule has 8 heteroatoms. The molecule has 1 aliphatic carbocycles. The largest absolute Gasteiger partial charge is 0.401 e. The molecule has 2 unspecified atom stereocenters. The first-order valence-electron chi connectivity index (χ1n) is 9.42. The Kier molecular flexibility index (Phi) is 4.96. The highest BCUT2D eigenvalue weighted by Crippen LogP contribution is 2.48. The highest BCUT2D eigenvalue weighted by atomic mass is 32.1. The summed E-state index contributed by atoms with van der Waals surface area (Å²) in [7, 11) is 1.95. The predicted molar refractivity (Wildman–Crippen MR) is 101 cm³/mol. The number of hydrogen-bond acceptors (Lipinski definition) is 4. The van der Waals surface area contributed by atoms with Crippen LogP contribution < -0.4 is 4.90 Å². The molecule has 1 saturated heterocycles. The number of hydrogen-bond donors (Lipinski definition) is 0. The van der Waals surface area contributed by atoms with Crippen molar-refractivity contribution >= 4 is 17.2 Å². The highest BCUT2D eigenvalue weighted by Gasteiger charge is 2.47. The van der Waals surface area contributed by atoms with Crippen molar-refractivity contribution in [1.29, 1.82) is 0 Å². The van der Waals surface area contributed by atoms with Crippen molar-refractivity contribution in [2.45, 2.75) is 50.4 Å². The van der Waals surface area contributed by atoms with Crippen molar-refractivity contribution in [1.82, 2.24) is 14.7 Å². The number of piperidine rings is 1. The molecule has 2 aromatic rings. The van der Waals surface area contributed by atoms with Crippen molar-refractivity contribution in [2.75, 3.05) is 24.5 Å². The minimum atomic E-state index is -4.12. The summed E-state index contributed by atoms with van der Waals surface area (Å²) in [6, 6.07) is 4.96. The zero-order valence-electron chi connectivity index (χ0n) is 15.6. The Morgan fingerprint density at radius 3 is 2.59 bits per heavy atom. The van der Waals surface area contributed by atoms with E-state index >= 15 is 0 Å². The molecule has 2 aromatic heterocycles. The number of halogens is 3. The number of aromatic nitrogens is 2. The average Bonchev–Trinajstić information content (AvgIpc) is 3.01. The van der Waals surface area contributed by atoms with Gasteiger partial charge in [-0.3, -0.25) is 9.58 Å². The fourth-order valence-corrected chi connectivity index (χ4v) is 5.13. The van der Waals surface area contributed by atoms with Crippen LogP contribution in [-0.4, -0.2) is 52.6 Å². The molecule has 4 nitrogen and oxygen atoms in total. The lowest BCUT2D eigenvalue weighted by Crippen LogP contribution is -2.48. The Hall–Kier alpha value is -1.54. The second-order valence-electron chi connectivity index (χ2n) is 7.76. The highest BCUT2D eigenvalue weighted by molar-refractivity contribution is 7.08.